The summed E-state index contributed by atoms with van der Waals surface area (Å²) in [6.45, 7) is 0.480. The largest absolute Gasteiger partial charge is 0.345 e. The zero-order chi connectivity index (χ0) is 15.6. The number of hydrogen-bond acceptors (Lipinski definition) is 3. The van der Waals surface area contributed by atoms with Gasteiger partial charge in [0.05, 0.1) is 5.54 Å². The summed E-state index contributed by atoms with van der Waals surface area (Å²) >= 11 is 0. The molecule has 3 rings (SSSR count). The predicted molar refractivity (Wildman–Crippen MR) is 85.5 cm³/mol. The molecule has 0 saturated heterocycles. The number of nitrogens with one attached hydrogen (secondary N) is 2. The Morgan fingerprint density at radius 3 is 2.32 bits per heavy atom. The smallest absolute Gasteiger partial charge is 0.251 e. The number of carbonyl (C=O) groups excluding carboxylic acids is 2. The van der Waals surface area contributed by atoms with Crippen LogP contribution in [0.4, 0.5) is 5.69 Å². The van der Waals surface area contributed by atoms with Crippen LogP contribution in [0.15, 0.2) is 24.3 Å². The second kappa shape index (κ2) is 6.08. The zero-order valence-electron chi connectivity index (χ0n) is 12.7. The van der Waals surface area contributed by atoms with Crippen molar-refractivity contribution in [2.45, 2.75) is 44.1 Å². The normalized spacial score (nSPS) is 19.7. The summed E-state index contributed by atoms with van der Waals surface area (Å²) < 4.78 is 0. The molecular formula is C17H23N3O2. The van der Waals surface area contributed by atoms with Gasteiger partial charge >= 0.3 is 0 Å². The third-order valence-corrected chi connectivity index (χ3v) is 4.69. The highest BCUT2D eigenvalue weighted by Gasteiger charge is 2.34. The Balaban J connectivity index is 1.61. The van der Waals surface area contributed by atoms with Gasteiger partial charge in [0.15, 0.2) is 0 Å². The molecule has 0 aromatic heterocycles. The van der Waals surface area contributed by atoms with Gasteiger partial charge in [0, 0.05) is 23.7 Å². The number of hydrogen-bond donors (Lipinski definition) is 3. The van der Waals surface area contributed by atoms with E-state index in [9.17, 15) is 9.59 Å². The lowest BCUT2D eigenvalue weighted by atomic mass is 9.97. The van der Waals surface area contributed by atoms with E-state index in [2.05, 4.69) is 10.6 Å². The maximum Gasteiger partial charge on any atom is 0.251 e. The number of benzene rings is 1. The highest BCUT2D eigenvalue weighted by atomic mass is 16.2. The number of rotatable bonds is 5. The van der Waals surface area contributed by atoms with E-state index in [4.69, 9.17) is 5.73 Å². The molecule has 1 aromatic rings. The van der Waals surface area contributed by atoms with Gasteiger partial charge in [-0.15, -0.1) is 0 Å². The number of nitrogens with two attached hydrogens (primary N) is 1. The minimum atomic E-state index is -0.240. The lowest BCUT2D eigenvalue weighted by Gasteiger charge is -2.28. The van der Waals surface area contributed by atoms with Crippen LogP contribution in [0.3, 0.4) is 0 Å². The average Bonchev–Trinajstić information content (AvgIpc) is 3.29. The Morgan fingerprint density at radius 1 is 1.14 bits per heavy atom. The first-order valence-corrected chi connectivity index (χ1v) is 8.05. The molecule has 5 nitrogen and oxygen atoms in total. The van der Waals surface area contributed by atoms with E-state index >= 15 is 0 Å². The van der Waals surface area contributed by atoms with Gasteiger partial charge in [-0.05, 0) is 49.9 Å². The van der Waals surface area contributed by atoms with Crippen LogP contribution in [-0.2, 0) is 4.79 Å². The lowest BCUT2D eigenvalue weighted by molar-refractivity contribution is -0.117. The fourth-order valence-electron chi connectivity index (χ4n) is 3.04. The molecule has 2 amide bonds. The molecule has 0 heterocycles. The first-order chi connectivity index (χ1) is 10.6. The molecule has 2 fully saturated rings. The maximum absolute atomic E-state index is 12.4. The van der Waals surface area contributed by atoms with Crippen LogP contribution in [0.1, 0.15) is 48.9 Å². The number of carbonyl (C=O) groups is 2. The quantitative estimate of drug-likeness (QED) is 0.778. The zero-order valence-corrected chi connectivity index (χ0v) is 12.7. The van der Waals surface area contributed by atoms with Crippen molar-refractivity contribution in [2.75, 3.05) is 11.9 Å². The number of anilines is 1. The van der Waals surface area contributed by atoms with E-state index in [-0.39, 0.29) is 23.3 Å². The Hall–Kier alpha value is -1.88. The summed E-state index contributed by atoms with van der Waals surface area (Å²) in [6.07, 6.45) is 6.09. The molecule has 4 N–H and O–H groups in total. The molecule has 0 unspecified atom stereocenters. The van der Waals surface area contributed by atoms with Crippen LogP contribution < -0.4 is 16.4 Å². The van der Waals surface area contributed by atoms with Crippen LogP contribution in [0.25, 0.3) is 0 Å². The van der Waals surface area contributed by atoms with Crippen molar-refractivity contribution in [3.8, 4) is 0 Å². The van der Waals surface area contributed by atoms with Crippen LogP contribution in [0.5, 0.6) is 0 Å². The fraction of sp³-hybridized carbons (Fsp3) is 0.529. The van der Waals surface area contributed by atoms with Crippen LogP contribution >= 0.6 is 0 Å². The summed E-state index contributed by atoms with van der Waals surface area (Å²) in [7, 11) is 0. The second-order valence-corrected chi connectivity index (χ2v) is 6.49. The Kier molecular flexibility index (Phi) is 4.16. The molecule has 2 aliphatic rings. The van der Waals surface area contributed by atoms with Crippen molar-refractivity contribution < 1.29 is 9.59 Å². The monoisotopic (exact) mass is 301 g/mol. The average molecular weight is 301 g/mol. The molecule has 5 heteroatoms. The molecular weight excluding hydrogens is 278 g/mol. The predicted octanol–water partition coefficient (Wildman–Crippen LogP) is 2.04. The standard InChI is InChI=1S/C17H23N3O2/c18-11-17(9-1-2-10-17)20-16(22)13-5-7-14(8-6-13)19-15(21)12-3-4-12/h5-8,12H,1-4,9-11,18H2,(H,19,21)(H,20,22). The van der Waals surface area contributed by atoms with Gasteiger partial charge in [0.1, 0.15) is 0 Å². The van der Waals surface area contributed by atoms with E-state index in [1.54, 1.807) is 24.3 Å². The van der Waals surface area contributed by atoms with Crippen LogP contribution in [0, 0.1) is 5.92 Å². The first-order valence-electron chi connectivity index (χ1n) is 8.05. The SMILES string of the molecule is NCC1(NC(=O)c2ccc(NC(=O)C3CC3)cc2)CCCC1. The fourth-order valence-corrected chi connectivity index (χ4v) is 3.04. The van der Waals surface area contributed by atoms with Gasteiger partial charge in [0.25, 0.3) is 5.91 Å². The van der Waals surface area contributed by atoms with E-state index in [1.807, 2.05) is 0 Å². The minimum absolute atomic E-state index is 0.0743. The summed E-state index contributed by atoms with van der Waals surface area (Å²) in [5.74, 6) is 0.160. The van der Waals surface area contributed by atoms with Gasteiger partial charge in [-0.2, -0.15) is 0 Å². The Morgan fingerprint density at radius 2 is 1.77 bits per heavy atom. The summed E-state index contributed by atoms with van der Waals surface area (Å²) in [5, 5.41) is 5.97. The molecule has 0 radical (unpaired) electrons. The van der Waals surface area contributed by atoms with Crippen molar-refractivity contribution in [1.29, 1.82) is 0 Å². The van der Waals surface area contributed by atoms with Crippen molar-refractivity contribution in [2.24, 2.45) is 11.7 Å². The van der Waals surface area contributed by atoms with Gasteiger partial charge in [-0.1, -0.05) is 12.8 Å². The topological polar surface area (TPSA) is 84.2 Å². The minimum Gasteiger partial charge on any atom is -0.345 e. The third-order valence-electron chi connectivity index (χ3n) is 4.69. The molecule has 0 bridgehead atoms. The van der Waals surface area contributed by atoms with Crippen molar-refractivity contribution in [3.05, 3.63) is 29.8 Å². The highest BCUT2D eigenvalue weighted by molar-refractivity contribution is 5.97. The van der Waals surface area contributed by atoms with Crippen molar-refractivity contribution in [3.63, 3.8) is 0 Å². The van der Waals surface area contributed by atoms with Gasteiger partial charge in [0.2, 0.25) is 5.91 Å². The van der Waals surface area contributed by atoms with Gasteiger partial charge < -0.3 is 16.4 Å². The summed E-state index contributed by atoms with van der Waals surface area (Å²) in [5.41, 5.74) is 6.95. The van der Waals surface area contributed by atoms with Gasteiger partial charge in [-0.3, -0.25) is 9.59 Å². The molecule has 0 spiro atoms. The van der Waals surface area contributed by atoms with Crippen LogP contribution in [-0.4, -0.2) is 23.9 Å². The van der Waals surface area contributed by atoms with E-state index < -0.39 is 0 Å². The van der Waals surface area contributed by atoms with Crippen molar-refractivity contribution in [1.82, 2.24) is 5.32 Å². The molecule has 1 aromatic carbocycles. The molecule has 118 valence electrons. The summed E-state index contributed by atoms with van der Waals surface area (Å²) in [4.78, 5) is 24.1. The molecule has 2 aliphatic carbocycles. The first kappa shape index (κ1) is 15.0. The Labute approximate surface area is 130 Å². The van der Waals surface area contributed by atoms with Crippen LogP contribution in [0.2, 0.25) is 0 Å². The lowest BCUT2D eigenvalue weighted by Crippen LogP contribution is -2.51. The highest BCUT2D eigenvalue weighted by Crippen LogP contribution is 2.30. The molecule has 2 saturated carbocycles. The Bertz CT molecular complexity index is 558. The number of amides is 2. The molecule has 0 aliphatic heterocycles. The summed E-state index contributed by atoms with van der Waals surface area (Å²) in [6, 6.07) is 7.05. The molecule has 0 atom stereocenters. The van der Waals surface area contributed by atoms with E-state index in [0.29, 0.717) is 12.1 Å². The van der Waals surface area contributed by atoms with Crippen molar-refractivity contribution >= 4 is 17.5 Å². The molecule has 22 heavy (non-hydrogen) atoms. The maximum atomic E-state index is 12.4. The third kappa shape index (κ3) is 3.30. The second-order valence-electron chi connectivity index (χ2n) is 6.49. The van der Waals surface area contributed by atoms with E-state index in [1.165, 1.54) is 0 Å². The van der Waals surface area contributed by atoms with Gasteiger partial charge in [-0.25, -0.2) is 0 Å². The van der Waals surface area contributed by atoms with E-state index in [0.717, 1.165) is 44.2 Å².